The lowest BCUT2D eigenvalue weighted by molar-refractivity contribution is -0.122. The van der Waals surface area contributed by atoms with Gasteiger partial charge in [0.25, 0.3) is 0 Å². The van der Waals surface area contributed by atoms with Crippen molar-refractivity contribution in [2.24, 2.45) is 0 Å². The SMILES string of the molecule is N#CCCNC(=O)CN(Cc1ccc(N)cc1)C1CC1. The van der Waals surface area contributed by atoms with Crippen molar-refractivity contribution in [1.82, 2.24) is 10.2 Å². The molecule has 0 bridgehead atoms. The normalized spacial score (nSPS) is 14.0. The highest BCUT2D eigenvalue weighted by atomic mass is 16.2. The summed E-state index contributed by atoms with van der Waals surface area (Å²) >= 11 is 0. The molecular weight excluding hydrogens is 252 g/mol. The number of nitrogens with two attached hydrogens (primary N) is 1. The lowest BCUT2D eigenvalue weighted by Crippen LogP contribution is -2.38. The minimum atomic E-state index is -0.0115. The molecule has 2 rings (SSSR count). The third kappa shape index (κ3) is 4.56. The molecule has 1 amide bonds. The number of amides is 1. The molecule has 0 saturated heterocycles. The minimum absolute atomic E-state index is 0.0115. The maximum absolute atomic E-state index is 11.8. The Bertz CT molecular complexity index is 488. The molecule has 1 aromatic carbocycles. The number of hydrogen-bond acceptors (Lipinski definition) is 4. The van der Waals surface area contributed by atoms with Gasteiger partial charge in [0, 0.05) is 24.8 Å². The molecule has 5 nitrogen and oxygen atoms in total. The van der Waals surface area contributed by atoms with E-state index in [0.29, 0.717) is 25.6 Å². The number of carbonyl (C=O) groups excluding carboxylic acids is 1. The summed E-state index contributed by atoms with van der Waals surface area (Å²) in [6.07, 6.45) is 2.66. The first-order valence-corrected chi connectivity index (χ1v) is 6.91. The van der Waals surface area contributed by atoms with E-state index in [9.17, 15) is 4.79 Å². The first-order valence-electron chi connectivity index (χ1n) is 6.91. The monoisotopic (exact) mass is 272 g/mol. The average molecular weight is 272 g/mol. The smallest absolute Gasteiger partial charge is 0.234 e. The molecule has 106 valence electrons. The molecule has 5 heteroatoms. The minimum Gasteiger partial charge on any atom is -0.399 e. The Labute approximate surface area is 119 Å². The highest BCUT2D eigenvalue weighted by Gasteiger charge is 2.30. The number of nitrogens with zero attached hydrogens (tertiary/aromatic N) is 2. The highest BCUT2D eigenvalue weighted by Crippen LogP contribution is 2.28. The van der Waals surface area contributed by atoms with Crippen molar-refractivity contribution in [2.45, 2.75) is 31.8 Å². The third-order valence-electron chi connectivity index (χ3n) is 3.33. The van der Waals surface area contributed by atoms with Crippen LogP contribution in [0.2, 0.25) is 0 Å². The quantitative estimate of drug-likeness (QED) is 0.578. The van der Waals surface area contributed by atoms with Crippen LogP contribution in [0.5, 0.6) is 0 Å². The van der Waals surface area contributed by atoms with Gasteiger partial charge in [-0.3, -0.25) is 9.69 Å². The molecule has 0 aromatic heterocycles. The van der Waals surface area contributed by atoms with Crippen LogP contribution in [0, 0.1) is 11.3 Å². The van der Waals surface area contributed by atoms with E-state index < -0.39 is 0 Å². The highest BCUT2D eigenvalue weighted by molar-refractivity contribution is 5.78. The first kappa shape index (κ1) is 14.4. The zero-order valence-electron chi connectivity index (χ0n) is 11.5. The molecule has 1 aromatic rings. The second kappa shape index (κ2) is 6.92. The van der Waals surface area contributed by atoms with Gasteiger partial charge in [-0.1, -0.05) is 12.1 Å². The number of nitrogens with one attached hydrogen (secondary N) is 1. The molecule has 1 aliphatic rings. The van der Waals surface area contributed by atoms with Gasteiger partial charge in [-0.2, -0.15) is 5.26 Å². The molecule has 0 heterocycles. The largest absolute Gasteiger partial charge is 0.399 e. The molecule has 20 heavy (non-hydrogen) atoms. The van der Waals surface area contributed by atoms with Gasteiger partial charge in [-0.15, -0.1) is 0 Å². The zero-order chi connectivity index (χ0) is 14.4. The van der Waals surface area contributed by atoms with Gasteiger partial charge < -0.3 is 11.1 Å². The average Bonchev–Trinajstić information content (AvgIpc) is 3.25. The fraction of sp³-hybridized carbons (Fsp3) is 0.467. The molecule has 0 atom stereocenters. The van der Waals surface area contributed by atoms with E-state index in [1.165, 1.54) is 0 Å². The summed E-state index contributed by atoms with van der Waals surface area (Å²) in [7, 11) is 0. The van der Waals surface area contributed by atoms with E-state index in [4.69, 9.17) is 11.0 Å². The molecule has 1 saturated carbocycles. The first-order chi connectivity index (χ1) is 9.69. The van der Waals surface area contributed by atoms with E-state index in [1.54, 1.807) is 0 Å². The summed E-state index contributed by atoms with van der Waals surface area (Å²) in [6.45, 7) is 1.58. The predicted molar refractivity (Wildman–Crippen MR) is 77.5 cm³/mol. The molecule has 0 radical (unpaired) electrons. The second-order valence-electron chi connectivity index (χ2n) is 5.14. The van der Waals surface area contributed by atoms with Crippen molar-refractivity contribution < 1.29 is 4.79 Å². The van der Waals surface area contributed by atoms with Crippen LogP contribution in [0.1, 0.15) is 24.8 Å². The number of nitriles is 1. The van der Waals surface area contributed by atoms with Crippen LogP contribution in [0.4, 0.5) is 5.69 Å². The van der Waals surface area contributed by atoms with E-state index >= 15 is 0 Å². The van der Waals surface area contributed by atoms with Gasteiger partial charge >= 0.3 is 0 Å². The molecule has 1 fully saturated rings. The lowest BCUT2D eigenvalue weighted by Gasteiger charge is -2.21. The molecule has 0 unspecified atom stereocenters. The van der Waals surface area contributed by atoms with E-state index in [2.05, 4.69) is 10.2 Å². The Hall–Kier alpha value is -2.06. The second-order valence-corrected chi connectivity index (χ2v) is 5.14. The number of nitrogen functional groups attached to an aromatic ring is 1. The number of hydrogen-bond donors (Lipinski definition) is 2. The maximum atomic E-state index is 11.8. The van der Waals surface area contributed by atoms with Crippen molar-refractivity contribution >= 4 is 11.6 Å². The number of rotatable bonds is 7. The Kier molecular flexibility index (Phi) is 4.97. The van der Waals surface area contributed by atoms with Gasteiger partial charge in [0.05, 0.1) is 19.0 Å². The van der Waals surface area contributed by atoms with Crippen molar-refractivity contribution in [3.05, 3.63) is 29.8 Å². The van der Waals surface area contributed by atoms with Gasteiger partial charge in [0.15, 0.2) is 0 Å². The Morgan fingerprint density at radius 1 is 1.40 bits per heavy atom. The van der Waals surface area contributed by atoms with Gasteiger partial charge in [0.2, 0.25) is 5.91 Å². The van der Waals surface area contributed by atoms with E-state index in [1.807, 2.05) is 30.3 Å². The summed E-state index contributed by atoms with van der Waals surface area (Å²) in [5, 5.41) is 11.2. The topological polar surface area (TPSA) is 82.2 Å². The standard InChI is InChI=1S/C15H20N4O/c16-8-1-9-18-15(20)11-19(14-6-7-14)10-12-2-4-13(17)5-3-12/h2-5,14H,1,6-7,9-11,17H2,(H,18,20). The van der Waals surface area contributed by atoms with Crippen molar-refractivity contribution in [2.75, 3.05) is 18.8 Å². The summed E-state index contributed by atoms with van der Waals surface area (Å²) < 4.78 is 0. The van der Waals surface area contributed by atoms with E-state index in [0.717, 1.165) is 30.6 Å². The van der Waals surface area contributed by atoms with Crippen molar-refractivity contribution in [3.63, 3.8) is 0 Å². The van der Waals surface area contributed by atoms with Crippen LogP contribution in [0.15, 0.2) is 24.3 Å². The van der Waals surface area contributed by atoms with Crippen molar-refractivity contribution in [1.29, 1.82) is 5.26 Å². The maximum Gasteiger partial charge on any atom is 0.234 e. The number of carbonyl (C=O) groups is 1. The Morgan fingerprint density at radius 3 is 2.70 bits per heavy atom. The van der Waals surface area contributed by atoms with Crippen LogP contribution in [-0.4, -0.2) is 29.9 Å². The van der Waals surface area contributed by atoms with Gasteiger partial charge in [0.1, 0.15) is 0 Å². The zero-order valence-corrected chi connectivity index (χ0v) is 11.5. The van der Waals surface area contributed by atoms with Crippen LogP contribution >= 0.6 is 0 Å². The summed E-state index contributed by atoms with van der Waals surface area (Å²) in [5.41, 5.74) is 7.59. The molecule has 3 N–H and O–H groups in total. The van der Waals surface area contributed by atoms with Crippen LogP contribution in [0.3, 0.4) is 0 Å². The van der Waals surface area contributed by atoms with E-state index in [-0.39, 0.29) is 5.91 Å². The summed E-state index contributed by atoms with van der Waals surface area (Å²) in [4.78, 5) is 14.0. The predicted octanol–water partition coefficient (Wildman–Crippen LogP) is 1.26. The van der Waals surface area contributed by atoms with Crippen LogP contribution in [0.25, 0.3) is 0 Å². The number of anilines is 1. The summed E-state index contributed by atoms with van der Waals surface area (Å²) in [6, 6.07) is 10.3. The van der Waals surface area contributed by atoms with Gasteiger partial charge in [-0.25, -0.2) is 0 Å². The molecule has 0 spiro atoms. The van der Waals surface area contributed by atoms with Gasteiger partial charge in [-0.05, 0) is 30.5 Å². The molecule has 0 aliphatic heterocycles. The fourth-order valence-electron chi connectivity index (χ4n) is 2.11. The molecule has 1 aliphatic carbocycles. The third-order valence-corrected chi connectivity index (χ3v) is 3.33. The molecular formula is C15H20N4O. The van der Waals surface area contributed by atoms with Crippen LogP contribution in [-0.2, 0) is 11.3 Å². The van der Waals surface area contributed by atoms with Crippen LogP contribution < -0.4 is 11.1 Å². The fourth-order valence-corrected chi connectivity index (χ4v) is 2.11. The Morgan fingerprint density at radius 2 is 2.10 bits per heavy atom. The lowest BCUT2D eigenvalue weighted by atomic mass is 10.2. The number of benzene rings is 1. The van der Waals surface area contributed by atoms with Crippen molar-refractivity contribution in [3.8, 4) is 6.07 Å². The summed E-state index contributed by atoms with van der Waals surface area (Å²) in [5.74, 6) is -0.0115. The Balaban J connectivity index is 1.86.